The monoisotopic (exact) mass is 591 g/mol. The highest BCUT2D eigenvalue weighted by atomic mass is 19.4. The minimum Gasteiger partial charge on any atom is -0.496 e. The lowest BCUT2D eigenvalue weighted by molar-refractivity contribution is -0.167. The van der Waals surface area contributed by atoms with Crippen LogP contribution < -0.4 is 4.74 Å². The molecule has 4 heterocycles. The molecule has 42 heavy (non-hydrogen) atoms. The summed E-state index contributed by atoms with van der Waals surface area (Å²) in [5.41, 5.74) is -1.58. The van der Waals surface area contributed by atoms with Crippen molar-refractivity contribution < 1.29 is 40.3 Å². The summed E-state index contributed by atoms with van der Waals surface area (Å²) in [4.78, 5) is 18.7. The molecule has 1 atom stereocenters. The van der Waals surface area contributed by atoms with E-state index in [1.807, 2.05) is 0 Å². The molecule has 1 unspecified atom stereocenters. The molecule has 1 spiro atoms. The van der Waals surface area contributed by atoms with E-state index in [-0.39, 0.29) is 35.6 Å². The van der Waals surface area contributed by atoms with Gasteiger partial charge in [-0.2, -0.15) is 26.3 Å². The Morgan fingerprint density at radius 2 is 1.86 bits per heavy atom. The van der Waals surface area contributed by atoms with E-state index in [4.69, 9.17) is 9.15 Å². The normalized spacial score (nSPS) is 18.8. The zero-order valence-electron chi connectivity index (χ0n) is 22.3. The molecule has 0 N–H and O–H groups in total. The van der Waals surface area contributed by atoms with Crippen LogP contribution >= 0.6 is 0 Å². The molecule has 14 heteroatoms. The largest absolute Gasteiger partial charge is 0.496 e. The molecular formula is C28H23F6N5O3. The lowest BCUT2D eigenvalue weighted by atomic mass is 9.68. The number of alkyl halides is 6. The molecule has 8 nitrogen and oxygen atoms in total. The number of carbonyl (C=O) groups is 1. The first kappa shape index (κ1) is 27.8. The molecule has 0 aliphatic carbocycles. The number of methoxy groups -OCH3 is 1. The van der Waals surface area contributed by atoms with Crippen LogP contribution in [0.2, 0.25) is 0 Å². The van der Waals surface area contributed by atoms with E-state index >= 15 is 0 Å². The Hall–Kier alpha value is -4.36. The third kappa shape index (κ3) is 4.49. The quantitative estimate of drug-likeness (QED) is 0.274. The summed E-state index contributed by atoms with van der Waals surface area (Å²) in [6.07, 6.45) is -7.64. The summed E-state index contributed by atoms with van der Waals surface area (Å²) in [6.45, 7) is -0.0321. The van der Waals surface area contributed by atoms with Gasteiger partial charge in [0.1, 0.15) is 17.7 Å². The highest BCUT2D eigenvalue weighted by Gasteiger charge is 2.55. The van der Waals surface area contributed by atoms with Gasteiger partial charge in [0, 0.05) is 25.6 Å². The zero-order chi connectivity index (χ0) is 30.0. The van der Waals surface area contributed by atoms with Crippen molar-refractivity contribution >= 4 is 5.91 Å². The highest BCUT2D eigenvalue weighted by Crippen LogP contribution is 2.48. The molecule has 2 aromatic carbocycles. The number of hydrogen-bond donors (Lipinski definition) is 0. The van der Waals surface area contributed by atoms with E-state index in [0.29, 0.717) is 40.0 Å². The number of amides is 1. The first-order chi connectivity index (χ1) is 19.8. The number of halogens is 6. The molecule has 2 aliphatic rings. The number of rotatable bonds is 4. The molecule has 0 saturated carbocycles. The van der Waals surface area contributed by atoms with Gasteiger partial charge in [0.25, 0.3) is 0 Å². The Labute approximate surface area is 234 Å². The fraction of sp³-hybridized carbons (Fsp3) is 0.357. The standard InChI is InChI=1S/C28H23F6N5O3/c1-15-35-12-22(42-15)19-7-5-16(10-21(19)41-2)23-36-37-24-26(8-3-9-39(23)24)20-11-18(28(32,33)34)6-4-17(20)13-38(25(26)40)14-27(29,30)31/h4-7,10-12H,3,8-9,13-14H2,1-2H3. The van der Waals surface area contributed by atoms with Crippen molar-refractivity contribution in [2.75, 3.05) is 13.7 Å². The molecule has 0 saturated heterocycles. The number of oxazole rings is 1. The number of benzene rings is 2. The Bertz CT molecular complexity index is 1690. The van der Waals surface area contributed by atoms with Crippen molar-refractivity contribution in [2.45, 2.75) is 50.6 Å². The average Bonchev–Trinajstić information content (AvgIpc) is 3.56. The minimum atomic E-state index is -4.73. The van der Waals surface area contributed by atoms with Crippen LogP contribution in [-0.4, -0.2) is 50.4 Å². The third-order valence-electron chi connectivity index (χ3n) is 7.69. The van der Waals surface area contributed by atoms with Crippen molar-refractivity contribution in [3.8, 4) is 28.5 Å². The van der Waals surface area contributed by atoms with Crippen molar-refractivity contribution in [3.63, 3.8) is 0 Å². The molecule has 2 aromatic heterocycles. The summed E-state index contributed by atoms with van der Waals surface area (Å²) in [6, 6.07) is 7.91. The molecule has 6 rings (SSSR count). The second-order valence-corrected chi connectivity index (χ2v) is 10.3. The van der Waals surface area contributed by atoms with Gasteiger partial charge >= 0.3 is 12.4 Å². The van der Waals surface area contributed by atoms with Gasteiger partial charge in [-0.1, -0.05) is 12.1 Å². The number of fused-ring (bicyclic) bond motifs is 4. The van der Waals surface area contributed by atoms with E-state index in [1.54, 1.807) is 35.9 Å². The Morgan fingerprint density at radius 3 is 2.52 bits per heavy atom. The van der Waals surface area contributed by atoms with Crippen LogP contribution in [0.25, 0.3) is 22.7 Å². The maximum atomic E-state index is 13.9. The number of nitrogens with zero attached hydrogens (tertiary/aromatic N) is 5. The summed E-state index contributed by atoms with van der Waals surface area (Å²) in [5, 5.41) is 8.54. The van der Waals surface area contributed by atoms with Crippen molar-refractivity contribution in [2.24, 2.45) is 0 Å². The lowest BCUT2D eigenvalue weighted by Crippen LogP contribution is -2.56. The predicted octanol–water partition coefficient (Wildman–Crippen LogP) is 5.92. The predicted molar refractivity (Wildman–Crippen MR) is 135 cm³/mol. The van der Waals surface area contributed by atoms with Crippen LogP contribution in [-0.2, 0) is 29.5 Å². The Morgan fingerprint density at radius 1 is 1.07 bits per heavy atom. The van der Waals surface area contributed by atoms with Gasteiger partial charge in [0.05, 0.1) is 24.4 Å². The first-order valence-electron chi connectivity index (χ1n) is 12.9. The minimum absolute atomic E-state index is 0.00454. The van der Waals surface area contributed by atoms with Gasteiger partial charge < -0.3 is 18.6 Å². The summed E-state index contributed by atoms with van der Waals surface area (Å²) >= 11 is 0. The second kappa shape index (κ2) is 9.60. The maximum Gasteiger partial charge on any atom is 0.416 e. The molecule has 1 amide bonds. The fourth-order valence-corrected chi connectivity index (χ4v) is 5.93. The number of ether oxygens (including phenoxy) is 1. The average molecular weight is 592 g/mol. The van der Waals surface area contributed by atoms with Crippen LogP contribution in [0.4, 0.5) is 26.3 Å². The smallest absolute Gasteiger partial charge is 0.416 e. The van der Waals surface area contributed by atoms with Crippen LogP contribution in [0.5, 0.6) is 5.75 Å². The maximum absolute atomic E-state index is 13.9. The molecular weight excluding hydrogens is 568 g/mol. The van der Waals surface area contributed by atoms with Crippen LogP contribution in [0.15, 0.2) is 47.0 Å². The lowest BCUT2D eigenvalue weighted by Gasteiger charge is -2.44. The Balaban J connectivity index is 1.51. The first-order valence-corrected chi connectivity index (χ1v) is 12.9. The SMILES string of the molecule is COc1cc(-c2nnc3n2CCCC32C(=O)N(CC(F)(F)F)Cc3ccc(C(F)(F)F)cc32)ccc1-c1cnc(C)o1. The Kier molecular flexibility index (Phi) is 6.35. The summed E-state index contributed by atoms with van der Waals surface area (Å²) in [5.74, 6) is 0.662. The topological polar surface area (TPSA) is 86.3 Å². The van der Waals surface area contributed by atoms with Crippen molar-refractivity contribution in [1.82, 2.24) is 24.6 Å². The summed E-state index contributed by atoms with van der Waals surface area (Å²) < 4.78 is 94.6. The van der Waals surface area contributed by atoms with Gasteiger partial charge in [-0.05, 0) is 48.2 Å². The van der Waals surface area contributed by atoms with E-state index < -0.39 is 42.3 Å². The highest BCUT2D eigenvalue weighted by molar-refractivity contribution is 5.93. The van der Waals surface area contributed by atoms with Gasteiger partial charge in [-0.15, -0.1) is 10.2 Å². The van der Waals surface area contributed by atoms with Crippen molar-refractivity contribution in [3.05, 3.63) is 71.0 Å². The van der Waals surface area contributed by atoms with E-state index in [1.165, 1.54) is 7.11 Å². The molecule has 0 radical (unpaired) electrons. The van der Waals surface area contributed by atoms with Gasteiger partial charge in [-0.25, -0.2) is 4.98 Å². The van der Waals surface area contributed by atoms with Crippen LogP contribution in [0.3, 0.4) is 0 Å². The molecule has 0 bridgehead atoms. The van der Waals surface area contributed by atoms with Gasteiger partial charge in [-0.3, -0.25) is 4.79 Å². The van der Waals surface area contributed by atoms with Gasteiger partial charge in [0.15, 0.2) is 23.3 Å². The van der Waals surface area contributed by atoms with E-state index in [2.05, 4.69) is 15.2 Å². The summed E-state index contributed by atoms with van der Waals surface area (Å²) in [7, 11) is 1.46. The van der Waals surface area contributed by atoms with Crippen LogP contribution in [0, 0.1) is 6.92 Å². The van der Waals surface area contributed by atoms with E-state index in [0.717, 1.165) is 18.2 Å². The van der Waals surface area contributed by atoms with E-state index in [9.17, 15) is 31.1 Å². The van der Waals surface area contributed by atoms with Crippen molar-refractivity contribution in [1.29, 1.82) is 0 Å². The number of carbonyl (C=O) groups excluding carboxylic acids is 1. The zero-order valence-corrected chi connectivity index (χ0v) is 22.3. The second-order valence-electron chi connectivity index (χ2n) is 10.3. The third-order valence-corrected chi connectivity index (χ3v) is 7.69. The molecule has 0 fully saturated rings. The number of aromatic nitrogens is 4. The molecule has 220 valence electrons. The van der Waals surface area contributed by atoms with Crippen LogP contribution in [0.1, 0.15) is 41.2 Å². The van der Waals surface area contributed by atoms with Gasteiger partial charge in [0.2, 0.25) is 5.91 Å². The number of hydrogen-bond acceptors (Lipinski definition) is 6. The fourth-order valence-electron chi connectivity index (χ4n) is 5.93. The molecule has 4 aromatic rings. The number of aryl methyl sites for hydroxylation is 1. The molecule has 2 aliphatic heterocycles.